The molecule has 0 aliphatic rings. The minimum Gasteiger partial charge on any atom is -0.416 e. The molecule has 0 atom stereocenters. The number of hydrogen-bond acceptors (Lipinski definition) is 14. The predicted molar refractivity (Wildman–Crippen MR) is 109 cm³/mol. The molecular weight excluding hydrogens is 478 g/mol. The van der Waals surface area contributed by atoms with E-state index in [-0.39, 0.29) is 36.9 Å². The van der Waals surface area contributed by atoms with Gasteiger partial charge >= 0.3 is 13.6 Å². The first kappa shape index (κ1) is 25.5. The number of rotatable bonds is 15. The Labute approximate surface area is 182 Å². The Morgan fingerprint density at radius 3 is 1.30 bits per heavy atom. The second-order valence-corrected chi connectivity index (χ2v) is 12.8. The molecule has 2 heterocycles. The van der Waals surface area contributed by atoms with Crippen molar-refractivity contribution in [3.05, 3.63) is 11.8 Å². The fourth-order valence-electron chi connectivity index (χ4n) is 1.97. The summed E-state index contributed by atoms with van der Waals surface area (Å²) >= 11 is 1.52. The molecule has 0 saturated heterocycles. The van der Waals surface area contributed by atoms with Gasteiger partial charge in [-0.15, -0.1) is 20.4 Å². The first-order valence-corrected chi connectivity index (χ1v) is 15.1. The van der Waals surface area contributed by atoms with Crippen molar-refractivity contribution >= 4 is 36.4 Å². The highest BCUT2D eigenvalue weighted by molar-refractivity contribution is 8.55. The lowest BCUT2D eigenvalue weighted by molar-refractivity contribution is 0.235. The SMILES string of the molecule is CCOP(=O)(OCC)Sc1nnc(CCc2nnc(SP(=O)(OCC)OCC)o2)o1. The standard InChI is InChI=1S/C14H24N4O8P2S2/c1-5-21-27(19,22-6-2)29-13-17-15-11(25-13)9-10-12-16-18-14(26-12)30-28(20,23-7-3)24-8-4/h5-10H2,1-4H3. The normalized spacial score (nSPS) is 12.5. The van der Waals surface area contributed by atoms with E-state index in [0.29, 0.717) is 24.6 Å². The van der Waals surface area contributed by atoms with E-state index in [1.54, 1.807) is 27.7 Å². The van der Waals surface area contributed by atoms with Gasteiger partial charge < -0.3 is 26.9 Å². The molecule has 16 heteroatoms. The largest absolute Gasteiger partial charge is 0.416 e. The molecule has 12 nitrogen and oxygen atoms in total. The molecule has 0 saturated carbocycles. The Morgan fingerprint density at radius 2 is 1.00 bits per heavy atom. The molecule has 0 aliphatic carbocycles. The Bertz CT molecular complexity index is 790. The maximum absolute atomic E-state index is 12.5. The molecule has 2 rings (SSSR count). The van der Waals surface area contributed by atoms with E-state index in [0.717, 1.165) is 22.8 Å². The van der Waals surface area contributed by atoms with Crippen LogP contribution in [0.3, 0.4) is 0 Å². The first-order valence-electron chi connectivity index (χ1n) is 9.17. The molecule has 0 spiro atoms. The van der Waals surface area contributed by atoms with Crippen LogP contribution in [0.5, 0.6) is 0 Å². The van der Waals surface area contributed by atoms with Crippen molar-refractivity contribution in [1.82, 2.24) is 20.4 Å². The summed E-state index contributed by atoms with van der Waals surface area (Å²) in [4.78, 5) is 0. The average molecular weight is 502 g/mol. The number of aryl methyl sites for hydroxylation is 2. The predicted octanol–water partition coefficient (Wildman–Crippen LogP) is 4.78. The molecule has 0 aromatic carbocycles. The van der Waals surface area contributed by atoms with Crippen molar-refractivity contribution in [3.63, 3.8) is 0 Å². The Balaban J connectivity index is 1.93. The van der Waals surface area contributed by atoms with Crippen molar-refractivity contribution < 1.29 is 36.1 Å². The van der Waals surface area contributed by atoms with Crippen LogP contribution in [0.1, 0.15) is 39.5 Å². The zero-order valence-electron chi connectivity index (χ0n) is 17.0. The van der Waals surface area contributed by atoms with Gasteiger partial charge in [0, 0.05) is 12.8 Å². The molecule has 170 valence electrons. The second-order valence-electron chi connectivity index (χ2n) is 5.17. The Morgan fingerprint density at radius 1 is 0.667 bits per heavy atom. The molecule has 0 bridgehead atoms. The molecule has 0 aliphatic heterocycles. The maximum Gasteiger partial charge on any atom is 0.398 e. The number of aromatic nitrogens is 4. The zero-order valence-corrected chi connectivity index (χ0v) is 20.4. The number of hydrogen-bond donors (Lipinski definition) is 0. The minimum atomic E-state index is -3.41. The van der Waals surface area contributed by atoms with Crippen LogP contribution >= 0.6 is 36.4 Å². The van der Waals surface area contributed by atoms with Crippen LogP contribution in [-0.2, 0) is 40.1 Å². The van der Waals surface area contributed by atoms with E-state index < -0.39 is 13.6 Å². The third kappa shape index (κ3) is 8.08. The van der Waals surface area contributed by atoms with Gasteiger partial charge in [0.15, 0.2) is 0 Å². The van der Waals surface area contributed by atoms with Crippen LogP contribution < -0.4 is 0 Å². The Kier molecular flexibility index (Phi) is 10.5. The second kappa shape index (κ2) is 12.4. The van der Waals surface area contributed by atoms with E-state index in [9.17, 15) is 9.13 Å². The van der Waals surface area contributed by atoms with E-state index in [2.05, 4.69) is 20.4 Å². The fourth-order valence-corrected chi connectivity index (χ4v) is 7.89. The van der Waals surface area contributed by atoms with Gasteiger partial charge in [-0.1, -0.05) is 0 Å². The summed E-state index contributed by atoms with van der Waals surface area (Å²) in [5.74, 6) is 0.581. The van der Waals surface area contributed by atoms with Crippen LogP contribution in [-0.4, -0.2) is 46.8 Å². The van der Waals surface area contributed by atoms with E-state index in [1.165, 1.54) is 0 Å². The van der Waals surface area contributed by atoms with Crippen molar-refractivity contribution in [1.29, 1.82) is 0 Å². The fraction of sp³-hybridized carbons (Fsp3) is 0.714. The van der Waals surface area contributed by atoms with Gasteiger partial charge in [-0.25, -0.2) is 9.13 Å². The van der Waals surface area contributed by atoms with Gasteiger partial charge in [0.25, 0.3) is 10.4 Å². The van der Waals surface area contributed by atoms with Crippen LogP contribution in [0.2, 0.25) is 0 Å². The molecule has 0 unspecified atom stereocenters. The lowest BCUT2D eigenvalue weighted by Gasteiger charge is -2.13. The van der Waals surface area contributed by atoms with Gasteiger partial charge in [-0.3, -0.25) is 0 Å². The highest BCUT2D eigenvalue weighted by Gasteiger charge is 2.30. The van der Waals surface area contributed by atoms with Crippen LogP contribution in [0.4, 0.5) is 0 Å². The van der Waals surface area contributed by atoms with Gasteiger partial charge in [-0.05, 0) is 27.7 Å². The van der Waals surface area contributed by atoms with Crippen molar-refractivity contribution in [3.8, 4) is 0 Å². The monoisotopic (exact) mass is 502 g/mol. The van der Waals surface area contributed by atoms with E-state index >= 15 is 0 Å². The van der Waals surface area contributed by atoms with E-state index in [4.69, 9.17) is 26.9 Å². The van der Waals surface area contributed by atoms with Crippen LogP contribution in [0, 0.1) is 0 Å². The number of nitrogens with zero attached hydrogens (tertiary/aromatic N) is 4. The van der Waals surface area contributed by atoms with Crippen LogP contribution in [0.25, 0.3) is 0 Å². The molecule has 30 heavy (non-hydrogen) atoms. The summed E-state index contributed by atoms with van der Waals surface area (Å²) in [6.07, 6.45) is 0.615. The molecular formula is C14H24N4O8P2S2. The molecule has 0 fully saturated rings. The van der Waals surface area contributed by atoms with Crippen LogP contribution in [0.15, 0.2) is 19.3 Å². The van der Waals surface area contributed by atoms with E-state index in [1.807, 2.05) is 0 Å². The van der Waals surface area contributed by atoms with Crippen molar-refractivity contribution in [2.75, 3.05) is 26.4 Å². The van der Waals surface area contributed by atoms with Crippen molar-refractivity contribution in [2.45, 2.75) is 51.0 Å². The highest BCUT2D eigenvalue weighted by atomic mass is 32.7. The van der Waals surface area contributed by atoms with Gasteiger partial charge in [0.2, 0.25) is 11.8 Å². The summed E-state index contributed by atoms with van der Waals surface area (Å²) in [5, 5.41) is 15.6. The highest BCUT2D eigenvalue weighted by Crippen LogP contribution is 2.63. The molecule has 0 N–H and O–H groups in total. The molecule has 2 aromatic rings. The molecule has 0 radical (unpaired) electrons. The molecule has 0 amide bonds. The first-order chi connectivity index (χ1) is 14.3. The van der Waals surface area contributed by atoms with Crippen molar-refractivity contribution in [2.24, 2.45) is 0 Å². The zero-order chi connectivity index (χ0) is 22.0. The lowest BCUT2D eigenvalue weighted by Crippen LogP contribution is -1.92. The third-order valence-electron chi connectivity index (χ3n) is 2.98. The average Bonchev–Trinajstić information content (AvgIpc) is 3.29. The summed E-state index contributed by atoms with van der Waals surface area (Å²) in [5.41, 5.74) is 0. The lowest BCUT2D eigenvalue weighted by atomic mass is 10.3. The molecule has 2 aromatic heterocycles. The summed E-state index contributed by atoms with van der Waals surface area (Å²) in [6.45, 7) is 0.934. The summed E-state index contributed by atoms with van der Waals surface area (Å²) in [6, 6.07) is 0. The van der Waals surface area contributed by atoms with Gasteiger partial charge in [0.05, 0.1) is 49.2 Å². The minimum absolute atomic E-state index is 0.0753. The van der Waals surface area contributed by atoms with Gasteiger partial charge in [-0.2, -0.15) is 0 Å². The van der Waals surface area contributed by atoms with Gasteiger partial charge in [0.1, 0.15) is 0 Å². The quantitative estimate of drug-likeness (QED) is 0.307. The maximum atomic E-state index is 12.5. The third-order valence-corrected chi connectivity index (χ3v) is 9.91. The topological polar surface area (TPSA) is 149 Å². The Hall–Kier alpha value is -0.720. The summed E-state index contributed by atoms with van der Waals surface area (Å²) < 4.78 is 56.7. The smallest absolute Gasteiger partial charge is 0.398 e. The summed E-state index contributed by atoms with van der Waals surface area (Å²) in [7, 11) is 0.